The molecule has 0 aliphatic heterocycles. The SMILES string of the molecule is Cc1nn(Cc2nnc(SCc3ccccc3)o2)c(C)c1Br. The molecule has 0 amide bonds. The molecule has 5 nitrogen and oxygen atoms in total. The molecular weight excluding hydrogens is 364 g/mol. The summed E-state index contributed by atoms with van der Waals surface area (Å²) in [5.74, 6) is 1.38. The van der Waals surface area contributed by atoms with Crippen LogP contribution in [0.3, 0.4) is 0 Å². The van der Waals surface area contributed by atoms with Gasteiger partial charge in [-0.25, -0.2) is 0 Å². The summed E-state index contributed by atoms with van der Waals surface area (Å²) in [7, 11) is 0. The molecular formula is C15H15BrN4OS. The van der Waals surface area contributed by atoms with Crippen LogP contribution in [0, 0.1) is 13.8 Å². The fraction of sp³-hybridized carbons (Fsp3) is 0.267. The molecule has 0 saturated heterocycles. The topological polar surface area (TPSA) is 56.7 Å². The van der Waals surface area contributed by atoms with Gasteiger partial charge in [-0.2, -0.15) is 5.10 Å². The van der Waals surface area contributed by atoms with Crippen LogP contribution in [0.15, 0.2) is 44.4 Å². The first kappa shape index (κ1) is 15.3. The van der Waals surface area contributed by atoms with E-state index < -0.39 is 0 Å². The average Bonchev–Trinajstić information content (AvgIpc) is 3.07. The molecule has 3 rings (SSSR count). The van der Waals surface area contributed by atoms with E-state index in [4.69, 9.17) is 4.42 Å². The first-order chi connectivity index (χ1) is 10.6. The van der Waals surface area contributed by atoms with E-state index in [1.54, 1.807) is 0 Å². The number of hydrogen-bond donors (Lipinski definition) is 0. The average molecular weight is 379 g/mol. The molecule has 114 valence electrons. The molecule has 0 bridgehead atoms. The smallest absolute Gasteiger partial charge is 0.276 e. The van der Waals surface area contributed by atoms with Crippen molar-refractivity contribution in [3.05, 3.63) is 57.6 Å². The van der Waals surface area contributed by atoms with Crippen molar-refractivity contribution in [2.75, 3.05) is 0 Å². The van der Waals surface area contributed by atoms with Crippen molar-refractivity contribution in [3.8, 4) is 0 Å². The van der Waals surface area contributed by atoms with Crippen LogP contribution in [0.1, 0.15) is 22.8 Å². The second kappa shape index (κ2) is 6.66. The maximum atomic E-state index is 5.68. The van der Waals surface area contributed by atoms with Crippen molar-refractivity contribution in [3.63, 3.8) is 0 Å². The number of aromatic nitrogens is 4. The molecule has 0 fully saturated rings. The number of thioether (sulfide) groups is 1. The number of hydrogen-bond acceptors (Lipinski definition) is 5. The van der Waals surface area contributed by atoms with Gasteiger partial charge in [-0.1, -0.05) is 42.1 Å². The molecule has 22 heavy (non-hydrogen) atoms. The van der Waals surface area contributed by atoms with Crippen LogP contribution in [0.2, 0.25) is 0 Å². The van der Waals surface area contributed by atoms with Crippen LogP contribution in [0.4, 0.5) is 0 Å². The molecule has 0 unspecified atom stereocenters. The molecule has 0 radical (unpaired) electrons. The second-order valence-electron chi connectivity index (χ2n) is 4.88. The highest BCUT2D eigenvalue weighted by Crippen LogP contribution is 2.23. The minimum absolute atomic E-state index is 0.483. The van der Waals surface area contributed by atoms with E-state index in [9.17, 15) is 0 Å². The lowest BCUT2D eigenvalue weighted by Gasteiger charge is -1.99. The Bertz CT molecular complexity index is 769. The van der Waals surface area contributed by atoms with Crippen molar-refractivity contribution >= 4 is 27.7 Å². The molecule has 0 aliphatic rings. The largest absolute Gasteiger partial charge is 0.414 e. The van der Waals surface area contributed by atoms with Gasteiger partial charge < -0.3 is 4.42 Å². The highest BCUT2D eigenvalue weighted by atomic mass is 79.9. The Morgan fingerprint density at radius 3 is 2.64 bits per heavy atom. The maximum Gasteiger partial charge on any atom is 0.276 e. The predicted octanol–water partition coefficient (Wildman–Crippen LogP) is 3.99. The van der Waals surface area contributed by atoms with E-state index in [1.165, 1.54) is 17.3 Å². The van der Waals surface area contributed by atoms with Crippen molar-refractivity contribution in [1.29, 1.82) is 0 Å². The monoisotopic (exact) mass is 378 g/mol. The standard InChI is InChI=1S/C15H15BrN4OS/c1-10-14(16)11(2)20(19-10)8-13-17-18-15(21-13)22-9-12-6-4-3-5-7-12/h3-7H,8-9H2,1-2H3. The van der Waals surface area contributed by atoms with Crippen molar-refractivity contribution in [2.45, 2.75) is 31.4 Å². The molecule has 0 N–H and O–H groups in total. The van der Waals surface area contributed by atoms with Gasteiger partial charge in [0, 0.05) is 5.75 Å². The summed E-state index contributed by atoms with van der Waals surface area (Å²) in [4.78, 5) is 0. The van der Waals surface area contributed by atoms with Crippen molar-refractivity contribution in [1.82, 2.24) is 20.0 Å². The number of aryl methyl sites for hydroxylation is 1. The molecule has 0 saturated carbocycles. The summed E-state index contributed by atoms with van der Waals surface area (Å²) in [6.07, 6.45) is 0. The Labute approximate surface area is 141 Å². The van der Waals surface area contributed by atoms with E-state index in [0.29, 0.717) is 17.7 Å². The molecule has 0 spiro atoms. The predicted molar refractivity (Wildman–Crippen MR) is 88.8 cm³/mol. The van der Waals surface area contributed by atoms with E-state index in [1.807, 2.05) is 36.7 Å². The maximum absolute atomic E-state index is 5.68. The van der Waals surface area contributed by atoms with Gasteiger partial charge in [-0.3, -0.25) is 4.68 Å². The lowest BCUT2D eigenvalue weighted by atomic mass is 10.2. The highest BCUT2D eigenvalue weighted by molar-refractivity contribution is 9.10. The van der Waals surface area contributed by atoms with Gasteiger partial charge in [0.15, 0.2) is 0 Å². The minimum Gasteiger partial charge on any atom is -0.414 e. The molecule has 0 aliphatic carbocycles. The van der Waals surface area contributed by atoms with Gasteiger partial charge in [0.05, 0.1) is 15.9 Å². The molecule has 2 aromatic heterocycles. The highest BCUT2D eigenvalue weighted by Gasteiger charge is 2.13. The van der Waals surface area contributed by atoms with Gasteiger partial charge in [-0.15, -0.1) is 10.2 Å². The quantitative estimate of drug-likeness (QED) is 0.628. The van der Waals surface area contributed by atoms with Gasteiger partial charge in [0.2, 0.25) is 5.89 Å². The Kier molecular flexibility index (Phi) is 4.63. The van der Waals surface area contributed by atoms with Crippen LogP contribution in [0.5, 0.6) is 0 Å². The third kappa shape index (κ3) is 3.41. The summed E-state index contributed by atoms with van der Waals surface area (Å²) in [6, 6.07) is 10.2. The van der Waals surface area contributed by atoms with Gasteiger partial charge in [-0.05, 0) is 35.3 Å². The first-order valence-corrected chi connectivity index (χ1v) is 8.60. The number of halogens is 1. The fourth-order valence-electron chi connectivity index (χ4n) is 2.04. The van der Waals surface area contributed by atoms with E-state index >= 15 is 0 Å². The Balaban J connectivity index is 1.65. The Morgan fingerprint density at radius 1 is 1.18 bits per heavy atom. The van der Waals surface area contributed by atoms with E-state index in [0.717, 1.165) is 21.6 Å². The van der Waals surface area contributed by atoms with Crippen LogP contribution in [-0.4, -0.2) is 20.0 Å². The van der Waals surface area contributed by atoms with Crippen LogP contribution >= 0.6 is 27.7 Å². The summed E-state index contributed by atoms with van der Waals surface area (Å²) in [6.45, 7) is 4.45. The van der Waals surface area contributed by atoms with Gasteiger partial charge in [0.1, 0.15) is 6.54 Å². The first-order valence-electron chi connectivity index (χ1n) is 6.82. The summed E-state index contributed by atoms with van der Waals surface area (Å²) < 4.78 is 8.56. The zero-order valence-electron chi connectivity index (χ0n) is 12.3. The third-order valence-electron chi connectivity index (χ3n) is 3.23. The molecule has 7 heteroatoms. The molecule has 0 atom stereocenters. The lowest BCUT2D eigenvalue weighted by molar-refractivity contribution is 0.396. The van der Waals surface area contributed by atoms with Crippen LogP contribution in [0.25, 0.3) is 0 Å². The van der Waals surface area contributed by atoms with E-state index in [2.05, 4.69) is 43.4 Å². The third-order valence-corrected chi connectivity index (χ3v) is 5.27. The zero-order chi connectivity index (χ0) is 15.5. The van der Waals surface area contributed by atoms with Gasteiger partial charge in [0.25, 0.3) is 5.22 Å². The number of benzene rings is 1. The summed E-state index contributed by atoms with van der Waals surface area (Å²) in [5.41, 5.74) is 3.24. The van der Waals surface area contributed by atoms with Crippen LogP contribution < -0.4 is 0 Å². The number of nitrogens with zero attached hydrogens (tertiary/aromatic N) is 4. The van der Waals surface area contributed by atoms with Crippen molar-refractivity contribution < 1.29 is 4.42 Å². The van der Waals surface area contributed by atoms with E-state index in [-0.39, 0.29) is 0 Å². The Hall–Kier alpha value is -1.60. The summed E-state index contributed by atoms with van der Waals surface area (Å²) in [5, 5.41) is 13.2. The fourth-order valence-corrected chi connectivity index (χ4v) is 3.06. The molecule has 3 aromatic rings. The Morgan fingerprint density at radius 2 is 1.95 bits per heavy atom. The van der Waals surface area contributed by atoms with Crippen LogP contribution in [-0.2, 0) is 12.3 Å². The normalized spacial score (nSPS) is 11.0. The second-order valence-corrected chi connectivity index (χ2v) is 6.60. The lowest BCUT2D eigenvalue weighted by Crippen LogP contribution is -2.04. The number of rotatable bonds is 5. The minimum atomic E-state index is 0.483. The van der Waals surface area contributed by atoms with Gasteiger partial charge >= 0.3 is 0 Å². The summed E-state index contributed by atoms with van der Waals surface area (Å²) >= 11 is 5.05. The molecule has 2 heterocycles. The molecule has 1 aromatic carbocycles. The van der Waals surface area contributed by atoms with Crippen molar-refractivity contribution in [2.24, 2.45) is 0 Å². The zero-order valence-corrected chi connectivity index (χ0v) is 14.7.